The zero-order chi connectivity index (χ0) is 23.4. The van der Waals surface area contributed by atoms with E-state index in [1.54, 1.807) is 48.5 Å². The van der Waals surface area contributed by atoms with E-state index in [1.807, 2.05) is 31.2 Å². The number of halogens is 2. The van der Waals surface area contributed by atoms with Gasteiger partial charge in [-0.3, -0.25) is 9.78 Å². The van der Waals surface area contributed by atoms with Gasteiger partial charge in [-0.05, 0) is 60.5 Å². The molecule has 9 heteroatoms. The maximum atomic E-state index is 12.7. The molecule has 33 heavy (non-hydrogen) atoms. The van der Waals surface area contributed by atoms with E-state index in [4.69, 9.17) is 27.9 Å². The zero-order valence-electron chi connectivity index (χ0n) is 18.0. The van der Waals surface area contributed by atoms with E-state index in [-0.39, 0.29) is 12.5 Å². The van der Waals surface area contributed by atoms with Crippen molar-refractivity contribution in [1.29, 1.82) is 0 Å². The number of rotatable bonds is 7. The van der Waals surface area contributed by atoms with Crippen LogP contribution in [0.2, 0.25) is 10.0 Å². The van der Waals surface area contributed by atoms with Gasteiger partial charge in [-0.2, -0.15) is 0 Å². The van der Waals surface area contributed by atoms with Crippen molar-refractivity contribution in [2.45, 2.75) is 20.0 Å². The van der Waals surface area contributed by atoms with E-state index in [9.17, 15) is 4.79 Å². The van der Waals surface area contributed by atoms with Gasteiger partial charge in [0.2, 0.25) is 0 Å². The summed E-state index contributed by atoms with van der Waals surface area (Å²) in [6, 6.07) is 14.7. The second-order valence-corrected chi connectivity index (χ2v) is 8.25. The van der Waals surface area contributed by atoms with Gasteiger partial charge in [0.1, 0.15) is 11.4 Å². The van der Waals surface area contributed by atoms with Gasteiger partial charge in [-0.15, -0.1) is 5.10 Å². The Morgan fingerprint density at radius 1 is 1.09 bits per heavy atom. The minimum Gasteiger partial charge on any atom is -0.496 e. The van der Waals surface area contributed by atoms with Crippen LogP contribution in [0.5, 0.6) is 5.75 Å². The fraction of sp³-hybridized carbons (Fsp3) is 0.167. The summed E-state index contributed by atoms with van der Waals surface area (Å²) in [7, 11) is 1.58. The van der Waals surface area contributed by atoms with Crippen molar-refractivity contribution < 1.29 is 9.53 Å². The Bertz CT molecular complexity index is 1310. The smallest absolute Gasteiger partial charge is 0.251 e. The number of nitrogens with zero attached hydrogens (tertiary/aromatic N) is 4. The van der Waals surface area contributed by atoms with Gasteiger partial charge >= 0.3 is 0 Å². The first-order valence-corrected chi connectivity index (χ1v) is 10.9. The molecule has 168 valence electrons. The predicted molar refractivity (Wildman–Crippen MR) is 128 cm³/mol. The Morgan fingerprint density at radius 3 is 2.70 bits per heavy atom. The lowest BCUT2D eigenvalue weighted by Crippen LogP contribution is -2.23. The summed E-state index contributed by atoms with van der Waals surface area (Å²) in [6.45, 7) is 2.66. The number of hydrogen-bond donors (Lipinski definition) is 1. The Hall–Kier alpha value is -3.42. The fourth-order valence-corrected chi connectivity index (χ4v) is 3.70. The second kappa shape index (κ2) is 10.0. The third kappa shape index (κ3) is 5.50. The lowest BCUT2D eigenvalue weighted by atomic mass is 10.0. The molecular formula is C24H21Cl2N5O2. The third-order valence-corrected chi connectivity index (χ3v) is 5.76. The minimum absolute atomic E-state index is 0.232. The lowest BCUT2D eigenvalue weighted by Gasteiger charge is -2.11. The van der Waals surface area contributed by atoms with Gasteiger partial charge < -0.3 is 10.1 Å². The first kappa shape index (κ1) is 22.8. The molecule has 4 aromatic rings. The van der Waals surface area contributed by atoms with Gasteiger partial charge in [0, 0.05) is 23.0 Å². The number of amides is 1. The van der Waals surface area contributed by atoms with Crippen LogP contribution >= 0.6 is 23.2 Å². The summed E-state index contributed by atoms with van der Waals surface area (Å²) in [5.41, 5.74) is 4.85. The number of aryl methyl sites for hydroxylation is 1. The first-order valence-electron chi connectivity index (χ1n) is 10.1. The standard InChI is InChI=1S/C24H21Cl2N5O2/c1-15-9-17(7-8-27-15)20-5-4-18(11-23(20)33-2)24(32)28-12-19-14-31(30-29-19)13-16-3-6-21(25)22(26)10-16/h3-11,14H,12-13H2,1-2H3,(H,28,32). The summed E-state index contributed by atoms with van der Waals surface area (Å²) < 4.78 is 7.20. The molecule has 2 aromatic carbocycles. The molecule has 0 saturated carbocycles. The average Bonchev–Trinajstić information content (AvgIpc) is 3.26. The highest BCUT2D eigenvalue weighted by Gasteiger charge is 2.13. The highest BCUT2D eigenvalue weighted by atomic mass is 35.5. The zero-order valence-corrected chi connectivity index (χ0v) is 19.6. The van der Waals surface area contributed by atoms with Crippen molar-refractivity contribution >= 4 is 29.1 Å². The quantitative estimate of drug-likeness (QED) is 0.404. The molecule has 7 nitrogen and oxygen atoms in total. The maximum absolute atomic E-state index is 12.7. The summed E-state index contributed by atoms with van der Waals surface area (Å²) in [6.07, 6.45) is 3.53. The van der Waals surface area contributed by atoms with Gasteiger partial charge in [-0.1, -0.05) is 34.5 Å². The van der Waals surface area contributed by atoms with Crippen LogP contribution in [0, 0.1) is 6.92 Å². The van der Waals surface area contributed by atoms with E-state index in [2.05, 4.69) is 20.6 Å². The van der Waals surface area contributed by atoms with Crippen LogP contribution in [-0.2, 0) is 13.1 Å². The third-order valence-electron chi connectivity index (χ3n) is 5.02. The van der Waals surface area contributed by atoms with Gasteiger partial charge in [-0.25, -0.2) is 4.68 Å². The van der Waals surface area contributed by atoms with E-state index in [0.717, 1.165) is 22.4 Å². The van der Waals surface area contributed by atoms with E-state index < -0.39 is 0 Å². The number of aromatic nitrogens is 4. The predicted octanol–water partition coefficient (Wildman–Crippen LogP) is 4.94. The largest absolute Gasteiger partial charge is 0.496 e. The fourth-order valence-electron chi connectivity index (χ4n) is 3.38. The number of benzene rings is 2. The van der Waals surface area contributed by atoms with Gasteiger partial charge in [0.25, 0.3) is 5.91 Å². The molecule has 0 spiro atoms. The number of carbonyl (C=O) groups is 1. The molecule has 0 aliphatic carbocycles. The van der Waals surface area contributed by atoms with Crippen molar-refractivity contribution in [1.82, 2.24) is 25.3 Å². The summed E-state index contributed by atoms with van der Waals surface area (Å²) in [5, 5.41) is 12.1. The van der Waals surface area contributed by atoms with Crippen LogP contribution in [0.4, 0.5) is 0 Å². The van der Waals surface area contributed by atoms with Crippen LogP contribution < -0.4 is 10.1 Å². The van der Waals surface area contributed by atoms with Crippen LogP contribution in [0.15, 0.2) is 60.9 Å². The maximum Gasteiger partial charge on any atom is 0.251 e. The summed E-state index contributed by atoms with van der Waals surface area (Å²) >= 11 is 12.0. The number of pyridine rings is 1. The average molecular weight is 482 g/mol. The molecule has 0 radical (unpaired) electrons. The molecule has 2 aromatic heterocycles. The van der Waals surface area contributed by atoms with E-state index in [0.29, 0.717) is 33.6 Å². The summed E-state index contributed by atoms with van der Waals surface area (Å²) in [4.78, 5) is 16.9. The number of hydrogen-bond acceptors (Lipinski definition) is 5. The van der Waals surface area contributed by atoms with Crippen molar-refractivity contribution in [3.8, 4) is 16.9 Å². The normalized spacial score (nSPS) is 10.8. The molecule has 1 amide bonds. The Labute approximate surface area is 201 Å². The number of nitrogens with one attached hydrogen (secondary N) is 1. The van der Waals surface area contributed by atoms with Crippen molar-refractivity contribution in [2.75, 3.05) is 7.11 Å². The van der Waals surface area contributed by atoms with Crippen LogP contribution in [0.25, 0.3) is 11.1 Å². The molecule has 0 fully saturated rings. The van der Waals surface area contributed by atoms with Crippen LogP contribution in [0.1, 0.15) is 27.3 Å². The van der Waals surface area contributed by atoms with E-state index in [1.165, 1.54) is 0 Å². The molecule has 0 atom stereocenters. The van der Waals surface area contributed by atoms with Gasteiger partial charge in [0.05, 0.1) is 36.4 Å². The SMILES string of the molecule is COc1cc(C(=O)NCc2cn(Cc3ccc(Cl)c(Cl)c3)nn2)ccc1-c1ccnc(C)c1. The number of carbonyl (C=O) groups excluding carboxylic acids is 1. The molecule has 0 aliphatic rings. The molecule has 2 heterocycles. The molecule has 0 aliphatic heterocycles. The molecule has 0 unspecified atom stereocenters. The summed E-state index contributed by atoms with van der Waals surface area (Å²) in [5.74, 6) is 0.380. The van der Waals surface area contributed by atoms with Crippen molar-refractivity contribution in [3.05, 3.63) is 93.5 Å². The first-order chi connectivity index (χ1) is 15.9. The molecule has 0 saturated heterocycles. The monoisotopic (exact) mass is 481 g/mol. The Balaban J connectivity index is 1.41. The highest BCUT2D eigenvalue weighted by molar-refractivity contribution is 6.42. The topological polar surface area (TPSA) is 81.9 Å². The van der Waals surface area contributed by atoms with Crippen molar-refractivity contribution in [2.24, 2.45) is 0 Å². The Morgan fingerprint density at radius 2 is 1.94 bits per heavy atom. The van der Waals surface area contributed by atoms with Gasteiger partial charge in [0.15, 0.2) is 0 Å². The van der Waals surface area contributed by atoms with E-state index >= 15 is 0 Å². The molecular weight excluding hydrogens is 461 g/mol. The molecule has 0 bridgehead atoms. The van der Waals surface area contributed by atoms with Crippen molar-refractivity contribution in [3.63, 3.8) is 0 Å². The highest BCUT2D eigenvalue weighted by Crippen LogP contribution is 2.31. The van der Waals surface area contributed by atoms with Crippen LogP contribution in [-0.4, -0.2) is 33.0 Å². The lowest BCUT2D eigenvalue weighted by molar-refractivity contribution is 0.0950. The minimum atomic E-state index is -0.232. The number of methoxy groups -OCH3 is 1. The Kier molecular flexibility index (Phi) is 6.91. The van der Waals surface area contributed by atoms with Crippen LogP contribution in [0.3, 0.4) is 0 Å². The second-order valence-electron chi connectivity index (χ2n) is 7.44. The molecule has 4 rings (SSSR count). The molecule has 1 N–H and O–H groups in total. The number of ether oxygens (including phenoxy) is 1.